The average Bonchev–Trinajstić information content (AvgIpc) is 2.73. The Labute approximate surface area is 172 Å². The van der Waals surface area contributed by atoms with Gasteiger partial charge >= 0.3 is 5.97 Å². The van der Waals surface area contributed by atoms with E-state index < -0.39 is 11.8 Å². The van der Waals surface area contributed by atoms with Crippen LogP contribution in [0.5, 0.6) is 11.5 Å². The monoisotopic (exact) mass is 407 g/mol. The summed E-state index contributed by atoms with van der Waals surface area (Å²) in [6.45, 7) is 0. The molecule has 0 aliphatic carbocycles. The molecule has 0 N–H and O–H groups in total. The first-order chi connectivity index (χ1) is 14.0. The molecule has 3 aromatic rings. The molecule has 0 atom stereocenters. The normalized spacial score (nSPS) is 10.9. The molecule has 29 heavy (non-hydrogen) atoms. The summed E-state index contributed by atoms with van der Waals surface area (Å²) in [4.78, 5) is 12.4. The molecule has 0 bridgehead atoms. The number of rotatable bonds is 5. The third-order valence-electron chi connectivity index (χ3n) is 4.07. The summed E-state index contributed by atoms with van der Waals surface area (Å²) in [5, 5.41) is 9.41. The van der Waals surface area contributed by atoms with Gasteiger partial charge in [0.25, 0.3) is 0 Å². The van der Waals surface area contributed by atoms with Crippen LogP contribution in [0.4, 0.5) is 4.39 Å². The Morgan fingerprint density at radius 2 is 1.83 bits per heavy atom. The summed E-state index contributed by atoms with van der Waals surface area (Å²) < 4.78 is 24.5. The molecular formula is C23H15ClFNO3. The van der Waals surface area contributed by atoms with Crippen LogP contribution in [-0.2, 0) is 0 Å². The third kappa shape index (κ3) is 4.63. The molecule has 0 aliphatic heterocycles. The number of hydrogen-bond donors (Lipinski definition) is 0. The van der Waals surface area contributed by atoms with Crippen LogP contribution >= 0.6 is 11.6 Å². The van der Waals surface area contributed by atoms with Crippen molar-refractivity contribution < 1.29 is 18.7 Å². The minimum absolute atomic E-state index is 0.0463. The number of hydrogen-bond acceptors (Lipinski definition) is 4. The van der Waals surface area contributed by atoms with Crippen LogP contribution in [0.15, 0.2) is 66.7 Å². The molecule has 0 aliphatic rings. The zero-order valence-electron chi connectivity index (χ0n) is 15.4. The summed E-state index contributed by atoms with van der Waals surface area (Å²) in [6.07, 6.45) is 1.69. The number of halogens is 2. The lowest BCUT2D eigenvalue weighted by Crippen LogP contribution is -2.12. The van der Waals surface area contributed by atoms with Gasteiger partial charge in [0.15, 0.2) is 11.5 Å². The smallest absolute Gasteiger partial charge is 0.348 e. The standard InChI is InChI=1S/C23H15ClFNO3/c1-28-21-13-15(12-17(14-26)16-6-3-2-4-7-16)10-11-20(21)29-23(27)22-18(24)8-5-9-19(22)25/h2-13H,1H3/b17-12-. The fraction of sp³-hybridized carbons (Fsp3) is 0.0435. The highest BCUT2D eigenvalue weighted by atomic mass is 35.5. The van der Waals surface area contributed by atoms with E-state index in [1.54, 1.807) is 18.2 Å². The maximum atomic E-state index is 13.9. The first-order valence-electron chi connectivity index (χ1n) is 8.55. The number of allylic oxidation sites excluding steroid dienone is 1. The lowest BCUT2D eigenvalue weighted by atomic mass is 10.0. The summed E-state index contributed by atoms with van der Waals surface area (Å²) >= 11 is 5.91. The molecule has 0 spiro atoms. The predicted octanol–water partition coefficient (Wildman–Crippen LogP) is 5.77. The molecule has 0 unspecified atom stereocenters. The highest BCUT2D eigenvalue weighted by Gasteiger charge is 2.19. The third-order valence-corrected chi connectivity index (χ3v) is 4.39. The zero-order chi connectivity index (χ0) is 20.8. The largest absolute Gasteiger partial charge is 0.493 e. The highest BCUT2D eigenvalue weighted by molar-refractivity contribution is 6.33. The van der Waals surface area contributed by atoms with Crippen LogP contribution in [0.25, 0.3) is 11.6 Å². The van der Waals surface area contributed by atoms with Crippen LogP contribution in [0.3, 0.4) is 0 Å². The first-order valence-corrected chi connectivity index (χ1v) is 8.92. The summed E-state index contributed by atoms with van der Waals surface area (Å²) in [5.41, 5.74) is 1.57. The van der Waals surface area contributed by atoms with Crippen molar-refractivity contribution in [2.24, 2.45) is 0 Å². The second-order valence-corrected chi connectivity index (χ2v) is 6.34. The average molecular weight is 408 g/mol. The van der Waals surface area contributed by atoms with Gasteiger partial charge in [-0.05, 0) is 41.5 Å². The summed E-state index contributed by atoms with van der Waals surface area (Å²) in [5.74, 6) is -1.35. The van der Waals surface area contributed by atoms with Crippen molar-refractivity contribution in [3.8, 4) is 17.6 Å². The van der Waals surface area contributed by atoms with Gasteiger partial charge in [-0.15, -0.1) is 0 Å². The van der Waals surface area contributed by atoms with Gasteiger partial charge in [0.2, 0.25) is 0 Å². The predicted molar refractivity (Wildman–Crippen MR) is 109 cm³/mol. The zero-order valence-corrected chi connectivity index (χ0v) is 16.1. The Morgan fingerprint density at radius 3 is 2.48 bits per heavy atom. The number of carbonyl (C=O) groups excluding carboxylic acids is 1. The number of methoxy groups -OCH3 is 1. The van der Waals surface area contributed by atoms with Crippen molar-refractivity contribution in [2.75, 3.05) is 7.11 Å². The molecule has 0 aromatic heterocycles. The summed E-state index contributed by atoms with van der Waals surface area (Å²) in [6, 6.07) is 20.1. The van der Waals surface area contributed by atoms with Crippen molar-refractivity contribution in [3.63, 3.8) is 0 Å². The topological polar surface area (TPSA) is 59.3 Å². The van der Waals surface area contributed by atoms with E-state index in [2.05, 4.69) is 6.07 Å². The van der Waals surface area contributed by atoms with Crippen molar-refractivity contribution in [3.05, 3.63) is 94.3 Å². The Bertz CT molecular complexity index is 1100. The maximum Gasteiger partial charge on any atom is 0.348 e. The van der Waals surface area contributed by atoms with Crippen LogP contribution < -0.4 is 9.47 Å². The van der Waals surface area contributed by atoms with E-state index in [9.17, 15) is 14.4 Å². The van der Waals surface area contributed by atoms with Crippen LogP contribution in [0.2, 0.25) is 5.02 Å². The van der Waals surface area contributed by atoms with Gasteiger partial charge in [0.05, 0.1) is 23.8 Å². The van der Waals surface area contributed by atoms with Gasteiger partial charge in [-0.2, -0.15) is 5.26 Å². The quantitative estimate of drug-likeness (QED) is 0.233. The van der Waals surface area contributed by atoms with Crippen molar-refractivity contribution >= 4 is 29.2 Å². The SMILES string of the molecule is COc1cc(/C=C(/C#N)c2ccccc2)ccc1OC(=O)c1c(F)cccc1Cl. The van der Waals surface area contributed by atoms with Crippen molar-refractivity contribution in [1.82, 2.24) is 0 Å². The van der Waals surface area contributed by atoms with Crippen LogP contribution in [-0.4, -0.2) is 13.1 Å². The Balaban J connectivity index is 1.91. The van der Waals surface area contributed by atoms with Gasteiger partial charge in [-0.25, -0.2) is 9.18 Å². The minimum atomic E-state index is -0.934. The number of benzene rings is 3. The Kier molecular flexibility index (Phi) is 6.28. The summed E-state index contributed by atoms with van der Waals surface area (Å²) in [7, 11) is 1.42. The molecule has 3 aromatic carbocycles. The molecular weight excluding hydrogens is 393 g/mol. The molecule has 144 valence electrons. The van der Waals surface area contributed by atoms with E-state index in [0.717, 1.165) is 11.6 Å². The van der Waals surface area contributed by atoms with E-state index in [1.165, 1.54) is 25.3 Å². The number of nitriles is 1. The van der Waals surface area contributed by atoms with E-state index in [0.29, 0.717) is 11.1 Å². The lowest BCUT2D eigenvalue weighted by molar-refractivity contribution is 0.0725. The van der Waals surface area contributed by atoms with Crippen molar-refractivity contribution in [2.45, 2.75) is 0 Å². The van der Waals surface area contributed by atoms with Crippen LogP contribution in [0, 0.1) is 17.1 Å². The molecule has 4 nitrogen and oxygen atoms in total. The van der Waals surface area contributed by atoms with Crippen molar-refractivity contribution in [1.29, 1.82) is 5.26 Å². The second-order valence-electron chi connectivity index (χ2n) is 5.93. The van der Waals surface area contributed by atoms with Gasteiger partial charge in [0.1, 0.15) is 11.4 Å². The van der Waals surface area contributed by atoms with Gasteiger partial charge < -0.3 is 9.47 Å². The molecule has 0 saturated heterocycles. The Morgan fingerprint density at radius 1 is 1.07 bits per heavy atom. The van der Waals surface area contributed by atoms with Crippen LogP contribution in [0.1, 0.15) is 21.5 Å². The molecule has 0 saturated carbocycles. The molecule has 0 heterocycles. The maximum absolute atomic E-state index is 13.9. The number of ether oxygens (including phenoxy) is 2. The molecule has 6 heteroatoms. The first kappa shape index (κ1) is 20.1. The molecule has 0 radical (unpaired) electrons. The number of carbonyl (C=O) groups is 1. The van der Waals surface area contributed by atoms with E-state index in [4.69, 9.17) is 21.1 Å². The molecule has 0 amide bonds. The van der Waals surface area contributed by atoms with Gasteiger partial charge in [0, 0.05) is 0 Å². The van der Waals surface area contributed by atoms with E-state index >= 15 is 0 Å². The van der Waals surface area contributed by atoms with E-state index in [-0.39, 0.29) is 22.1 Å². The van der Waals surface area contributed by atoms with E-state index in [1.807, 2.05) is 30.3 Å². The minimum Gasteiger partial charge on any atom is -0.493 e. The highest BCUT2D eigenvalue weighted by Crippen LogP contribution is 2.31. The van der Waals surface area contributed by atoms with Gasteiger partial charge in [-0.1, -0.05) is 54.1 Å². The Hall–Kier alpha value is -3.62. The number of esters is 1. The fourth-order valence-electron chi connectivity index (χ4n) is 2.67. The fourth-order valence-corrected chi connectivity index (χ4v) is 2.91. The van der Waals surface area contributed by atoms with Gasteiger partial charge in [-0.3, -0.25) is 0 Å². The molecule has 3 rings (SSSR count). The number of nitrogens with zero attached hydrogens (tertiary/aromatic N) is 1. The second kappa shape index (κ2) is 9.05. The molecule has 0 fully saturated rings. The lowest BCUT2D eigenvalue weighted by Gasteiger charge is -2.11.